The summed E-state index contributed by atoms with van der Waals surface area (Å²) in [5.41, 5.74) is 1.87. The van der Waals surface area contributed by atoms with Crippen LogP contribution in [0.2, 0.25) is 0 Å². The van der Waals surface area contributed by atoms with Crippen molar-refractivity contribution in [2.45, 2.75) is 33.1 Å². The van der Waals surface area contributed by atoms with Gasteiger partial charge in [0.05, 0.1) is 0 Å². The van der Waals surface area contributed by atoms with E-state index >= 15 is 0 Å². The molecule has 1 amide bonds. The fourth-order valence-corrected chi connectivity index (χ4v) is 3.34. The Morgan fingerprint density at radius 2 is 2.17 bits per heavy atom. The molecule has 0 bridgehead atoms. The predicted molar refractivity (Wildman–Crippen MR) is 92.1 cm³/mol. The third kappa shape index (κ3) is 3.63. The van der Waals surface area contributed by atoms with Gasteiger partial charge < -0.3 is 9.47 Å². The van der Waals surface area contributed by atoms with Gasteiger partial charge >= 0.3 is 0 Å². The van der Waals surface area contributed by atoms with E-state index in [1.54, 1.807) is 12.5 Å². The molecule has 2 aromatic rings. The first kappa shape index (κ1) is 16.6. The molecular weight excluding hydrogens is 302 g/mol. The van der Waals surface area contributed by atoms with E-state index in [1.165, 1.54) is 0 Å². The molecule has 0 aliphatic carbocycles. The first-order valence-corrected chi connectivity index (χ1v) is 8.62. The fraction of sp³-hybridized carbons (Fsp3) is 0.556. The lowest BCUT2D eigenvalue weighted by atomic mass is 9.92. The van der Waals surface area contributed by atoms with Crippen LogP contribution in [-0.4, -0.2) is 43.4 Å². The molecule has 6 nitrogen and oxygen atoms in total. The number of hydrogen-bond acceptors (Lipinski definition) is 4. The maximum Gasteiger partial charge on any atom is 0.225 e. The average Bonchev–Trinajstić information content (AvgIpc) is 3.00. The largest absolute Gasteiger partial charge is 0.342 e. The first-order chi connectivity index (χ1) is 11.5. The van der Waals surface area contributed by atoms with Crippen LogP contribution in [-0.2, 0) is 18.3 Å². The van der Waals surface area contributed by atoms with Crippen molar-refractivity contribution in [1.29, 1.82) is 0 Å². The summed E-state index contributed by atoms with van der Waals surface area (Å²) < 4.78 is 1.95. The molecule has 24 heavy (non-hydrogen) atoms. The van der Waals surface area contributed by atoms with Crippen molar-refractivity contribution in [3.8, 4) is 11.5 Å². The zero-order valence-electron chi connectivity index (χ0n) is 14.6. The number of carbonyl (C=O) groups excluding carboxylic acids is 1. The Morgan fingerprint density at radius 3 is 2.88 bits per heavy atom. The molecule has 128 valence electrons. The molecule has 1 fully saturated rings. The van der Waals surface area contributed by atoms with Crippen LogP contribution < -0.4 is 0 Å². The molecule has 0 radical (unpaired) electrons. The number of nitrogens with zero attached hydrogens (tertiary/aromatic N) is 5. The molecule has 0 spiro atoms. The number of amides is 1. The highest BCUT2D eigenvalue weighted by molar-refractivity contribution is 5.78. The van der Waals surface area contributed by atoms with Crippen molar-refractivity contribution in [1.82, 2.24) is 24.4 Å². The quantitative estimate of drug-likeness (QED) is 0.864. The van der Waals surface area contributed by atoms with E-state index in [0.717, 1.165) is 49.6 Å². The van der Waals surface area contributed by atoms with Crippen molar-refractivity contribution < 1.29 is 4.79 Å². The number of aryl methyl sites for hydroxylation is 1. The molecule has 6 heteroatoms. The van der Waals surface area contributed by atoms with Crippen LogP contribution >= 0.6 is 0 Å². The number of piperidine rings is 1. The van der Waals surface area contributed by atoms with Crippen LogP contribution in [0.25, 0.3) is 11.5 Å². The van der Waals surface area contributed by atoms with Crippen LogP contribution in [0.1, 0.15) is 32.4 Å². The predicted octanol–water partition coefficient (Wildman–Crippen LogP) is 2.31. The summed E-state index contributed by atoms with van der Waals surface area (Å²) in [5, 5.41) is 0. The fourth-order valence-electron chi connectivity index (χ4n) is 3.34. The number of aromatic nitrogens is 4. The summed E-state index contributed by atoms with van der Waals surface area (Å²) in [6.07, 6.45) is 8.38. The van der Waals surface area contributed by atoms with E-state index in [1.807, 2.05) is 42.6 Å². The van der Waals surface area contributed by atoms with Gasteiger partial charge in [-0.25, -0.2) is 15.0 Å². The minimum absolute atomic E-state index is 0.0674. The smallest absolute Gasteiger partial charge is 0.225 e. The lowest BCUT2D eigenvalue weighted by Gasteiger charge is -2.33. The first-order valence-electron chi connectivity index (χ1n) is 8.62. The number of imidazole rings is 1. The van der Waals surface area contributed by atoms with Crippen LogP contribution in [0.15, 0.2) is 24.8 Å². The number of hydrogen-bond donors (Lipinski definition) is 0. The van der Waals surface area contributed by atoms with Crippen molar-refractivity contribution in [3.63, 3.8) is 0 Å². The topological polar surface area (TPSA) is 63.9 Å². The van der Waals surface area contributed by atoms with Gasteiger partial charge in [0.15, 0.2) is 5.82 Å². The maximum absolute atomic E-state index is 12.2. The average molecular weight is 327 g/mol. The van der Waals surface area contributed by atoms with Crippen molar-refractivity contribution in [3.05, 3.63) is 30.5 Å². The molecule has 2 aromatic heterocycles. The van der Waals surface area contributed by atoms with Gasteiger partial charge in [-0.15, -0.1) is 0 Å². The van der Waals surface area contributed by atoms with Gasteiger partial charge in [0.25, 0.3) is 0 Å². The summed E-state index contributed by atoms with van der Waals surface area (Å²) in [6.45, 7) is 5.65. The second-order valence-electron chi connectivity index (χ2n) is 6.91. The van der Waals surface area contributed by atoms with E-state index in [-0.39, 0.29) is 11.8 Å². The third-order valence-corrected chi connectivity index (χ3v) is 4.60. The Labute approximate surface area is 142 Å². The van der Waals surface area contributed by atoms with E-state index in [0.29, 0.717) is 5.92 Å². The molecule has 1 atom stereocenters. The number of rotatable bonds is 4. The minimum Gasteiger partial charge on any atom is -0.342 e. The van der Waals surface area contributed by atoms with Gasteiger partial charge in [0.1, 0.15) is 12.0 Å². The second kappa shape index (κ2) is 7.11. The molecule has 1 unspecified atom stereocenters. The summed E-state index contributed by atoms with van der Waals surface area (Å²) in [4.78, 5) is 27.4. The van der Waals surface area contributed by atoms with Crippen LogP contribution in [0.4, 0.5) is 0 Å². The number of likely N-dealkylation sites (tertiary alicyclic amines) is 1. The summed E-state index contributed by atoms with van der Waals surface area (Å²) in [5.74, 6) is 1.64. The molecule has 1 aliphatic rings. The van der Waals surface area contributed by atoms with E-state index in [9.17, 15) is 4.79 Å². The molecule has 1 aliphatic heterocycles. The standard InChI is InChI=1S/C18H25N5O/c1-13(2)18(24)23-7-4-5-14(11-23)9-15-10-16(21-12-20-15)17-19-6-8-22(17)3/h6,8,10,12-14H,4-5,7,9,11H2,1-3H3. The molecule has 0 saturated carbocycles. The van der Waals surface area contributed by atoms with Crippen LogP contribution in [0, 0.1) is 11.8 Å². The van der Waals surface area contributed by atoms with E-state index < -0.39 is 0 Å². The minimum atomic E-state index is 0.0674. The normalized spacial score (nSPS) is 18.2. The highest BCUT2D eigenvalue weighted by atomic mass is 16.2. The Bertz CT molecular complexity index is 709. The van der Waals surface area contributed by atoms with Gasteiger partial charge in [-0.05, 0) is 31.2 Å². The summed E-state index contributed by atoms with van der Waals surface area (Å²) in [6, 6.07) is 2.02. The molecule has 1 saturated heterocycles. The monoisotopic (exact) mass is 327 g/mol. The molecule has 3 rings (SSSR count). The van der Waals surface area contributed by atoms with E-state index in [4.69, 9.17) is 0 Å². The Balaban J connectivity index is 1.70. The SMILES string of the molecule is CC(C)C(=O)N1CCCC(Cc2cc(-c3nccn3C)ncn2)C1. The highest BCUT2D eigenvalue weighted by Crippen LogP contribution is 2.23. The van der Waals surface area contributed by atoms with Crippen molar-refractivity contribution in [2.24, 2.45) is 18.9 Å². The lowest BCUT2D eigenvalue weighted by Crippen LogP contribution is -2.42. The maximum atomic E-state index is 12.2. The van der Waals surface area contributed by atoms with Crippen LogP contribution in [0.3, 0.4) is 0 Å². The zero-order valence-corrected chi connectivity index (χ0v) is 14.6. The van der Waals surface area contributed by atoms with E-state index in [2.05, 4.69) is 15.0 Å². The molecule has 0 N–H and O–H groups in total. The second-order valence-corrected chi connectivity index (χ2v) is 6.91. The molecular formula is C18H25N5O. The molecule has 3 heterocycles. The summed E-state index contributed by atoms with van der Waals surface area (Å²) >= 11 is 0. The number of carbonyl (C=O) groups is 1. The Hall–Kier alpha value is -2.24. The molecule has 0 aromatic carbocycles. The van der Waals surface area contributed by atoms with Crippen molar-refractivity contribution >= 4 is 5.91 Å². The van der Waals surface area contributed by atoms with Gasteiger partial charge in [-0.2, -0.15) is 0 Å². The Morgan fingerprint density at radius 1 is 1.33 bits per heavy atom. The highest BCUT2D eigenvalue weighted by Gasteiger charge is 2.25. The van der Waals surface area contributed by atoms with Gasteiger partial charge in [0, 0.05) is 44.1 Å². The Kier molecular flexibility index (Phi) is 4.92. The summed E-state index contributed by atoms with van der Waals surface area (Å²) in [7, 11) is 1.96. The van der Waals surface area contributed by atoms with Crippen molar-refractivity contribution in [2.75, 3.05) is 13.1 Å². The van der Waals surface area contributed by atoms with Gasteiger partial charge in [-0.3, -0.25) is 4.79 Å². The third-order valence-electron chi connectivity index (χ3n) is 4.60. The van der Waals surface area contributed by atoms with Gasteiger partial charge in [-0.1, -0.05) is 13.8 Å². The zero-order chi connectivity index (χ0) is 17.1. The lowest BCUT2D eigenvalue weighted by molar-refractivity contribution is -0.136. The van der Waals surface area contributed by atoms with Crippen LogP contribution in [0.5, 0.6) is 0 Å². The van der Waals surface area contributed by atoms with Gasteiger partial charge in [0.2, 0.25) is 5.91 Å².